The van der Waals surface area contributed by atoms with E-state index in [0.717, 1.165) is 10.6 Å². The fraction of sp³-hybridized carbons (Fsp3) is 0.263. The van der Waals surface area contributed by atoms with Crippen LogP contribution in [0.2, 0.25) is 0 Å². The van der Waals surface area contributed by atoms with Crippen molar-refractivity contribution in [2.45, 2.75) is 13.5 Å². The highest BCUT2D eigenvalue weighted by Crippen LogP contribution is 2.14. The third kappa shape index (κ3) is 6.14. The molecule has 0 radical (unpaired) electrons. The van der Waals surface area contributed by atoms with E-state index < -0.39 is 34.3 Å². The van der Waals surface area contributed by atoms with Gasteiger partial charge in [0.1, 0.15) is 5.82 Å². The van der Waals surface area contributed by atoms with Crippen molar-refractivity contribution in [2.24, 2.45) is 0 Å². The lowest BCUT2D eigenvalue weighted by Gasteiger charge is -2.20. The van der Waals surface area contributed by atoms with Gasteiger partial charge in [-0.15, -0.1) is 0 Å². The van der Waals surface area contributed by atoms with Gasteiger partial charge in [-0.3, -0.25) is 4.79 Å². The summed E-state index contributed by atoms with van der Waals surface area (Å²) in [7, 11) is -3.75. The van der Waals surface area contributed by atoms with E-state index in [1.54, 1.807) is 13.0 Å². The number of carbonyl (C=O) groups excluding carboxylic acids is 2. The molecular formula is C19H21FN2O5S. The van der Waals surface area contributed by atoms with Crippen LogP contribution in [0, 0.1) is 5.82 Å². The van der Waals surface area contributed by atoms with Crippen LogP contribution in [0.5, 0.6) is 0 Å². The molecular weight excluding hydrogens is 387 g/mol. The van der Waals surface area contributed by atoms with E-state index in [1.165, 1.54) is 42.5 Å². The number of nitrogens with one attached hydrogen (secondary N) is 1. The van der Waals surface area contributed by atoms with Crippen molar-refractivity contribution >= 4 is 27.6 Å². The van der Waals surface area contributed by atoms with Gasteiger partial charge in [0.25, 0.3) is 0 Å². The zero-order chi connectivity index (χ0) is 20.7. The van der Waals surface area contributed by atoms with Crippen molar-refractivity contribution in [3.8, 4) is 0 Å². The molecule has 0 aliphatic heterocycles. The Labute approximate surface area is 163 Å². The number of hydrogen-bond donors (Lipinski definition) is 1. The molecule has 0 bridgehead atoms. The zero-order valence-corrected chi connectivity index (χ0v) is 16.3. The molecule has 0 heterocycles. The van der Waals surface area contributed by atoms with Gasteiger partial charge in [0.15, 0.2) is 0 Å². The normalized spacial score (nSPS) is 11.3. The lowest BCUT2D eigenvalue weighted by molar-refractivity contribution is -0.116. The molecule has 0 spiro atoms. The highest BCUT2D eigenvalue weighted by molar-refractivity contribution is 7.88. The van der Waals surface area contributed by atoms with Gasteiger partial charge < -0.3 is 10.1 Å². The Morgan fingerprint density at radius 2 is 1.75 bits per heavy atom. The van der Waals surface area contributed by atoms with Crippen LogP contribution < -0.4 is 5.32 Å². The van der Waals surface area contributed by atoms with Crippen LogP contribution in [0.15, 0.2) is 48.5 Å². The summed E-state index contributed by atoms with van der Waals surface area (Å²) in [5, 5.41) is 2.55. The lowest BCUT2D eigenvalue weighted by atomic mass is 10.2. The van der Waals surface area contributed by atoms with Gasteiger partial charge >= 0.3 is 5.97 Å². The summed E-state index contributed by atoms with van der Waals surface area (Å²) in [5.74, 6) is -1.62. The zero-order valence-electron chi connectivity index (χ0n) is 15.5. The number of halogens is 1. The standard InChI is InChI=1S/C19H21FN2O5S/c1-3-27-19(24)14-8-10-16(11-9-14)21-18(23)13-22(28(2,25)26)12-15-6-4-5-7-17(15)20/h4-11H,3,12-13H2,1-2H3,(H,21,23). The van der Waals surface area contributed by atoms with Gasteiger partial charge in [0.05, 0.1) is 25.0 Å². The number of sulfonamides is 1. The molecule has 0 aliphatic rings. The summed E-state index contributed by atoms with van der Waals surface area (Å²) >= 11 is 0. The summed E-state index contributed by atoms with van der Waals surface area (Å²) in [5.41, 5.74) is 0.883. The van der Waals surface area contributed by atoms with Crippen LogP contribution in [0.25, 0.3) is 0 Å². The molecule has 0 unspecified atom stereocenters. The van der Waals surface area contributed by atoms with E-state index >= 15 is 0 Å². The Morgan fingerprint density at radius 1 is 1.11 bits per heavy atom. The highest BCUT2D eigenvalue weighted by atomic mass is 32.2. The summed E-state index contributed by atoms with van der Waals surface area (Å²) in [6, 6.07) is 11.8. The van der Waals surface area contributed by atoms with E-state index in [1.807, 2.05) is 0 Å². The van der Waals surface area contributed by atoms with E-state index in [9.17, 15) is 22.4 Å². The summed E-state index contributed by atoms with van der Waals surface area (Å²) in [6.07, 6.45) is 0.954. The van der Waals surface area contributed by atoms with Crippen LogP contribution in [0.1, 0.15) is 22.8 Å². The van der Waals surface area contributed by atoms with Crippen LogP contribution >= 0.6 is 0 Å². The van der Waals surface area contributed by atoms with Gasteiger partial charge in [-0.2, -0.15) is 4.31 Å². The van der Waals surface area contributed by atoms with Crippen molar-refractivity contribution in [1.29, 1.82) is 0 Å². The van der Waals surface area contributed by atoms with Crippen molar-refractivity contribution in [2.75, 3.05) is 24.7 Å². The van der Waals surface area contributed by atoms with Crippen molar-refractivity contribution in [3.63, 3.8) is 0 Å². The Bertz CT molecular complexity index is 945. The molecule has 0 saturated carbocycles. The van der Waals surface area contributed by atoms with Crippen LogP contribution in [-0.4, -0.2) is 44.0 Å². The first-order chi connectivity index (χ1) is 13.2. The highest BCUT2D eigenvalue weighted by Gasteiger charge is 2.22. The minimum absolute atomic E-state index is 0.166. The fourth-order valence-corrected chi connectivity index (χ4v) is 3.10. The van der Waals surface area contributed by atoms with Gasteiger partial charge in [-0.25, -0.2) is 17.6 Å². The number of ether oxygens (including phenoxy) is 1. The first kappa shape index (κ1) is 21.5. The SMILES string of the molecule is CCOC(=O)c1ccc(NC(=O)CN(Cc2ccccc2F)S(C)(=O)=O)cc1. The third-order valence-electron chi connectivity index (χ3n) is 3.77. The van der Waals surface area contributed by atoms with Crippen molar-refractivity contribution in [3.05, 3.63) is 65.5 Å². The molecule has 0 aliphatic carbocycles. The van der Waals surface area contributed by atoms with Crippen molar-refractivity contribution in [1.82, 2.24) is 4.31 Å². The molecule has 7 nitrogen and oxygen atoms in total. The molecule has 28 heavy (non-hydrogen) atoms. The monoisotopic (exact) mass is 408 g/mol. The fourth-order valence-electron chi connectivity index (χ4n) is 2.37. The average molecular weight is 408 g/mol. The van der Waals surface area contributed by atoms with Gasteiger partial charge in [0.2, 0.25) is 15.9 Å². The van der Waals surface area contributed by atoms with E-state index in [-0.39, 0.29) is 18.7 Å². The first-order valence-corrected chi connectivity index (χ1v) is 10.3. The minimum Gasteiger partial charge on any atom is -0.462 e. The predicted octanol–water partition coefficient (Wildman–Crippen LogP) is 2.40. The largest absolute Gasteiger partial charge is 0.462 e. The maximum Gasteiger partial charge on any atom is 0.338 e. The average Bonchev–Trinajstić information content (AvgIpc) is 2.63. The number of carbonyl (C=O) groups is 2. The van der Waals surface area contributed by atoms with Gasteiger partial charge in [0, 0.05) is 17.8 Å². The smallest absolute Gasteiger partial charge is 0.338 e. The number of nitrogens with zero attached hydrogens (tertiary/aromatic N) is 1. The second-order valence-corrected chi connectivity index (χ2v) is 7.95. The minimum atomic E-state index is -3.75. The molecule has 0 aromatic heterocycles. The second-order valence-electron chi connectivity index (χ2n) is 5.97. The number of amides is 1. The molecule has 1 amide bonds. The van der Waals surface area contributed by atoms with E-state index in [2.05, 4.69) is 5.32 Å². The van der Waals surface area contributed by atoms with Gasteiger partial charge in [-0.05, 0) is 37.3 Å². The molecule has 2 aromatic rings. The molecule has 0 fully saturated rings. The Hall–Kier alpha value is -2.78. The molecule has 1 N–H and O–H groups in total. The Morgan fingerprint density at radius 3 is 2.32 bits per heavy atom. The molecule has 0 atom stereocenters. The Balaban J connectivity index is 2.06. The van der Waals surface area contributed by atoms with Crippen LogP contribution in [0.4, 0.5) is 10.1 Å². The third-order valence-corrected chi connectivity index (χ3v) is 4.97. The maximum atomic E-state index is 13.8. The first-order valence-electron chi connectivity index (χ1n) is 8.46. The summed E-state index contributed by atoms with van der Waals surface area (Å²) in [6.45, 7) is 1.20. The summed E-state index contributed by atoms with van der Waals surface area (Å²) < 4.78 is 43.6. The molecule has 9 heteroatoms. The molecule has 2 aromatic carbocycles. The van der Waals surface area contributed by atoms with E-state index in [0.29, 0.717) is 11.3 Å². The predicted molar refractivity (Wildman–Crippen MR) is 103 cm³/mol. The second kappa shape index (κ2) is 9.43. The van der Waals surface area contributed by atoms with Crippen LogP contribution in [-0.2, 0) is 26.1 Å². The topological polar surface area (TPSA) is 92.8 Å². The Kier molecular flexibility index (Phi) is 7.24. The number of rotatable bonds is 8. The molecule has 2 rings (SSSR count). The quantitative estimate of drug-likeness (QED) is 0.677. The molecule has 0 saturated heterocycles. The number of hydrogen-bond acceptors (Lipinski definition) is 5. The van der Waals surface area contributed by atoms with Crippen LogP contribution in [0.3, 0.4) is 0 Å². The number of esters is 1. The summed E-state index contributed by atoms with van der Waals surface area (Å²) in [4.78, 5) is 23.9. The van der Waals surface area contributed by atoms with Crippen molar-refractivity contribution < 1.29 is 27.1 Å². The van der Waals surface area contributed by atoms with E-state index in [4.69, 9.17) is 4.74 Å². The lowest BCUT2D eigenvalue weighted by Crippen LogP contribution is -2.37. The maximum absolute atomic E-state index is 13.8. The number of anilines is 1. The van der Waals surface area contributed by atoms with Gasteiger partial charge in [-0.1, -0.05) is 18.2 Å². The molecule has 150 valence electrons. The number of benzene rings is 2.